The highest BCUT2D eigenvalue weighted by Gasteiger charge is 2.38. The fourth-order valence-corrected chi connectivity index (χ4v) is 11.9. The van der Waals surface area contributed by atoms with Crippen LogP contribution in [0.2, 0.25) is 0 Å². The zero-order valence-electron chi connectivity index (χ0n) is 44.0. The van der Waals surface area contributed by atoms with Crippen molar-refractivity contribution in [1.29, 1.82) is 0 Å². The van der Waals surface area contributed by atoms with Crippen molar-refractivity contribution >= 4 is 32.9 Å². The third-order valence-electron chi connectivity index (χ3n) is 15.8. The van der Waals surface area contributed by atoms with E-state index in [2.05, 4.69) is 280 Å². The summed E-state index contributed by atoms with van der Waals surface area (Å²) in [6.07, 6.45) is 15.8. The second kappa shape index (κ2) is 21.2. The third-order valence-corrected chi connectivity index (χ3v) is 15.8. The predicted molar refractivity (Wildman–Crippen MR) is 319 cm³/mol. The number of aryl methyl sites for hydroxylation is 2. The van der Waals surface area contributed by atoms with E-state index in [1.165, 1.54) is 66.1 Å². The average molecular weight is 989 g/mol. The first-order valence-corrected chi connectivity index (χ1v) is 26.4. The van der Waals surface area contributed by atoms with E-state index < -0.39 is 10.8 Å². The summed E-state index contributed by atoms with van der Waals surface area (Å²) in [4.78, 5) is 4.29. The number of anilines is 2. The summed E-state index contributed by atoms with van der Waals surface area (Å²) in [6.45, 7) is 14.3. The maximum Gasteiger partial charge on any atom is 0.200 e. The molecule has 2 aliphatic heterocycles. The van der Waals surface area contributed by atoms with Crippen LogP contribution in [0.4, 0.5) is 11.4 Å². The van der Waals surface area contributed by atoms with Gasteiger partial charge in [-0.1, -0.05) is 232 Å². The van der Waals surface area contributed by atoms with Crippen molar-refractivity contribution in [2.45, 2.75) is 50.4 Å². The predicted octanol–water partition coefficient (Wildman–Crippen LogP) is 17.0. The van der Waals surface area contributed by atoms with Crippen LogP contribution in [0.5, 0.6) is 11.5 Å². The van der Waals surface area contributed by atoms with Gasteiger partial charge >= 0.3 is 0 Å². The Morgan fingerprint density at radius 3 is 1.14 bits per heavy atom. The van der Waals surface area contributed by atoms with Crippen LogP contribution in [0.15, 0.2) is 279 Å². The number of fused-ring (bicyclic) bond motifs is 6. The summed E-state index contributed by atoms with van der Waals surface area (Å²) in [5.41, 5.74) is 13.2. The number of benzene rings is 9. The van der Waals surface area contributed by atoms with Gasteiger partial charge in [0.15, 0.2) is 23.3 Å². The highest BCUT2D eigenvalue weighted by Crippen LogP contribution is 2.47. The summed E-state index contributed by atoms with van der Waals surface area (Å²) in [5.74, 6) is 3.27. The lowest BCUT2D eigenvalue weighted by Gasteiger charge is -2.38. The van der Waals surface area contributed by atoms with Crippen molar-refractivity contribution in [2.75, 3.05) is 23.9 Å². The first-order chi connectivity index (χ1) is 37.1. The number of hydrogen-bond donors (Lipinski definition) is 0. The zero-order chi connectivity index (χ0) is 52.2. The van der Waals surface area contributed by atoms with Gasteiger partial charge in [-0.25, -0.2) is 0 Å². The fourth-order valence-electron chi connectivity index (χ4n) is 11.9. The van der Waals surface area contributed by atoms with Gasteiger partial charge in [0.05, 0.1) is 11.4 Å². The van der Waals surface area contributed by atoms with E-state index in [1.807, 2.05) is 0 Å². The van der Waals surface area contributed by atoms with Gasteiger partial charge in [0, 0.05) is 35.7 Å². The van der Waals surface area contributed by atoms with Gasteiger partial charge in [0.2, 0.25) is 0 Å². The molecule has 0 bridgehead atoms. The Hall–Kier alpha value is -8.86. The van der Waals surface area contributed by atoms with Crippen molar-refractivity contribution < 1.29 is 9.47 Å². The third kappa shape index (κ3) is 9.59. The molecule has 0 N–H and O–H groups in total. The minimum Gasteiger partial charge on any atom is -0.439 e. The molecule has 2 aliphatic rings. The minimum absolute atomic E-state index is 0.484. The van der Waals surface area contributed by atoms with E-state index in [4.69, 9.17) is 22.6 Å². The van der Waals surface area contributed by atoms with Crippen molar-refractivity contribution in [3.05, 3.63) is 323 Å². The summed E-state index contributed by atoms with van der Waals surface area (Å²) in [5, 5.41) is 4.71. The smallest absolute Gasteiger partial charge is 0.200 e. The van der Waals surface area contributed by atoms with Gasteiger partial charge in [-0.2, -0.15) is 0 Å². The summed E-state index contributed by atoms with van der Waals surface area (Å²) in [7, 11) is 4.15. The van der Waals surface area contributed by atoms with Crippen LogP contribution in [0.1, 0.15) is 44.5 Å². The van der Waals surface area contributed by atoms with Gasteiger partial charge in [0.1, 0.15) is 0 Å². The molecule has 0 fully saturated rings. The molecule has 0 spiro atoms. The highest BCUT2D eigenvalue weighted by atomic mass is 16.5. The Morgan fingerprint density at radius 2 is 0.750 bits per heavy atom. The quantitative estimate of drug-likeness (QED) is 0.0901. The Kier molecular flexibility index (Phi) is 13.7. The molecule has 2 atom stereocenters. The Morgan fingerprint density at radius 1 is 0.408 bits per heavy atom. The van der Waals surface area contributed by atoms with E-state index in [1.54, 1.807) is 0 Å². The largest absolute Gasteiger partial charge is 0.439 e. The summed E-state index contributed by atoms with van der Waals surface area (Å²) >= 11 is 0. The molecule has 0 radical (unpaired) electrons. The first kappa shape index (κ1) is 49.4. The van der Waals surface area contributed by atoms with Crippen LogP contribution in [-0.2, 0) is 36.5 Å². The van der Waals surface area contributed by atoms with Crippen molar-refractivity contribution in [2.24, 2.45) is 0 Å². The van der Waals surface area contributed by atoms with Crippen molar-refractivity contribution in [3.63, 3.8) is 0 Å². The number of allylic oxidation sites excluding steroid dienone is 8. The molecule has 4 nitrogen and oxygen atoms in total. The molecule has 374 valence electrons. The van der Waals surface area contributed by atoms with Gasteiger partial charge in [-0.15, -0.1) is 0 Å². The molecule has 0 amide bonds. The Bertz CT molecular complexity index is 3500. The Balaban J connectivity index is 0.937. The Labute approximate surface area is 449 Å². The molecular weight excluding hydrogens is 925 g/mol. The molecular formula is C72H64N2O2. The lowest BCUT2D eigenvalue weighted by atomic mass is 9.65. The molecule has 0 saturated heterocycles. The molecule has 9 aromatic carbocycles. The van der Waals surface area contributed by atoms with E-state index in [9.17, 15) is 0 Å². The van der Waals surface area contributed by atoms with Crippen LogP contribution in [0.25, 0.3) is 21.5 Å². The maximum absolute atomic E-state index is 6.47. The normalized spacial score (nSPS) is 15.7. The van der Waals surface area contributed by atoms with Gasteiger partial charge in [-0.3, -0.25) is 0 Å². The van der Waals surface area contributed by atoms with E-state index in [0.717, 1.165) is 71.5 Å². The number of nitrogens with zero attached hydrogens (tertiary/aromatic N) is 2. The van der Waals surface area contributed by atoms with Gasteiger partial charge in [0.25, 0.3) is 0 Å². The second-order valence-corrected chi connectivity index (χ2v) is 20.7. The van der Waals surface area contributed by atoms with Crippen LogP contribution >= 0.6 is 0 Å². The van der Waals surface area contributed by atoms with Crippen LogP contribution in [-0.4, -0.2) is 14.1 Å². The molecule has 2 heterocycles. The molecule has 4 heteroatoms. The first-order valence-electron chi connectivity index (χ1n) is 26.4. The molecule has 0 aromatic heterocycles. The topological polar surface area (TPSA) is 24.9 Å². The maximum atomic E-state index is 6.47. The van der Waals surface area contributed by atoms with Crippen molar-refractivity contribution in [3.8, 4) is 11.5 Å². The second-order valence-electron chi connectivity index (χ2n) is 20.7. The average Bonchev–Trinajstić information content (AvgIpc) is 4.00. The molecule has 9 aromatic rings. The SMILES string of the molecule is C=C(/C=C/C=C1\Oc2ccc3ccccc3c2N1C)C(Cc1ccccc1)(Cc1ccc(CC(Cc2ccccc2)(C(=C)/C=C/C=C2\Oc3ccc4ccccc4c3N2C)c2ccccc2C)cc1)c1ccccc1C. The number of ether oxygens (including phenoxy) is 2. The lowest BCUT2D eigenvalue weighted by molar-refractivity contribution is 0.443. The van der Waals surface area contributed by atoms with Crippen LogP contribution in [0, 0.1) is 13.8 Å². The van der Waals surface area contributed by atoms with Gasteiger partial charge in [-0.05, 0) is 130 Å². The van der Waals surface area contributed by atoms with Crippen LogP contribution in [0.3, 0.4) is 0 Å². The minimum atomic E-state index is -0.484. The zero-order valence-corrected chi connectivity index (χ0v) is 44.0. The molecule has 0 saturated carbocycles. The number of rotatable bonds is 16. The van der Waals surface area contributed by atoms with Crippen molar-refractivity contribution in [1.82, 2.24) is 0 Å². The van der Waals surface area contributed by atoms with E-state index in [-0.39, 0.29) is 0 Å². The van der Waals surface area contributed by atoms with E-state index in [0.29, 0.717) is 0 Å². The fraction of sp³-hybridized carbons (Fsp3) is 0.139. The number of hydrogen-bond acceptors (Lipinski definition) is 4. The molecule has 0 aliphatic carbocycles. The van der Waals surface area contributed by atoms with E-state index >= 15 is 0 Å². The van der Waals surface area contributed by atoms with Gasteiger partial charge < -0.3 is 19.3 Å². The standard InChI is InChI=1S/C72H64N2O2/c1-51-23-13-19-35-63(51)71(47-55-27-9-7-10-28-55,53(3)25-21-37-67-73(5)69-61-33-17-15-31-59(61)43-45-65(69)75-67)49-57-39-41-58(42-40-57)50-72(48-56-29-11-8-12-30-56,64-36-20-14-24-52(64)2)54(4)26-22-38-68-74(6)70-62-34-18-16-32-60(62)44-46-66(70)76-68/h7-46H,3-4,47-50H2,1-2,5-6H3/b25-21+,26-22+,67-37-,68-38-. The van der Waals surface area contributed by atoms with Crippen LogP contribution < -0.4 is 19.3 Å². The molecule has 76 heavy (non-hydrogen) atoms. The molecule has 11 rings (SSSR count). The lowest BCUT2D eigenvalue weighted by Crippen LogP contribution is -2.35. The summed E-state index contributed by atoms with van der Waals surface area (Å²) in [6, 6.07) is 74.1. The summed E-state index contributed by atoms with van der Waals surface area (Å²) < 4.78 is 12.9. The molecule has 2 unspecified atom stereocenters. The monoisotopic (exact) mass is 988 g/mol. The highest BCUT2D eigenvalue weighted by molar-refractivity contribution is 6.00.